The number of hydrogen-bond acceptors (Lipinski definition) is 5. The van der Waals surface area contributed by atoms with Crippen LogP contribution < -0.4 is 15.0 Å². The molecule has 0 unspecified atom stereocenters. The van der Waals surface area contributed by atoms with Crippen LogP contribution in [0.25, 0.3) is 0 Å². The lowest BCUT2D eigenvalue weighted by Crippen LogP contribution is -2.39. The first kappa shape index (κ1) is 24.2. The molecular formula is C25H31N3O5S. The van der Waals surface area contributed by atoms with E-state index in [9.17, 15) is 18.0 Å². The smallest absolute Gasteiger partial charge is 0.265 e. The molecule has 2 aliphatic heterocycles. The molecule has 2 heterocycles. The quantitative estimate of drug-likeness (QED) is 0.570. The molecule has 8 nitrogen and oxygen atoms in total. The Morgan fingerprint density at radius 3 is 2.47 bits per heavy atom. The summed E-state index contributed by atoms with van der Waals surface area (Å²) in [5.74, 6) is 0.154. The van der Waals surface area contributed by atoms with Gasteiger partial charge in [0.05, 0.1) is 10.6 Å². The summed E-state index contributed by atoms with van der Waals surface area (Å²) >= 11 is 0. The van der Waals surface area contributed by atoms with Gasteiger partial charge in [0, 0.05) is 30.9 Å². The predicted molar refractivity (Wildman–Crippen MR) is 131 cm³/mol. The lowest BCUT2D eigenvalue weighted by atomic mass is 10.1. The van der Waals surface area contributed by atoms with Gasteiger partial charge in [0.2, 0.25) is 10.0 Å². The van der Waals surface area contributed by atoms with Crippen LogP contribution in [0.4, 0.5) is 11.4 Å². The molecule has 0 aliphatic carbocycles. The van der Waals surface area contributed by atoms with Crippen LogP contribution in [0.5, 0.6) is 5.75 Å². The van der Waals surface area contributed by atoms with E-state index < -0.39 is 10.0 Å². The number of piperidine rings is 1. The molecule has 1 fully saturated rings. The standard InChI is InChI=1S/C25H31N3O5S/c1-2-3-5-16-28-22-17-20(10-13-23(22)33-18-24(28)29)26-25(30)19-8-11-21(12-9-19)34(31,32)27-14-6-4-7-15-27/h8-13,17H,2-7,14-16,18H2,1H3,(H,26,30). The average Bonchev–Trinajstić information content (AvgIpc) is 2.86. The number of hydrogen-bond donors (Lipinski definition) is 1. The highest BCUT2D eigenvalue weighted by molar-refractivity contribution is 7.89. The number of carbonyl (C=O) groups excluding carboxylic acids is 2. The number of ether oxygens (including phenoxy) is 1. The number of rotatable bonds is 8. The van der Waals surface area contributed by atoms with Crippen LogP contribution in [0.1, 0.15) is 55.8 Å². The van der Waals surface area contributed by atoms with Crippen molar-refractivity contribution in [2.45, 2.75) is 50.3 Å². The van der Waals surface area contributed by atoms with Crippen molar-refractivity contribution in [2.75, 3.05) is 36.5 Å². The molecule has 0 saturated carbocycles. The fraction of sp³-hybridized carbons (Fsp3) is 0.440. The van der Waals surface area contributed by atoms with Crippen molar-refractivity contribution < 1.29 is 22.7 Å². The minimum Gasteiger partial charge on any atom is -0.482 e. The second kappa shape index (κ2) is 10.6. The first-order chi connectivity index (χ1) is 16.4. The van der Waals surface area contributed by atoms with E-state index in [-0.39, 0.29) is 23.3 Å². The highest BCUT2D eigenvalue weighted by Gasteiger charge is 2.27. The molecule has 2 aromatic carbocycles. The van der Waals surface area contributed by atoms with Gasteiger partial charge < -0.3 is 15.0 Å². The predicted octanol–water partition coefficient (Wildman–Crippen LogP) is 4.03. The summed E-state index contributed by atoms with van der Waals surface area (Å²) in [5.41, 5.74) is 1.53. The van der Waals surface area contributed by atoms with Crippen LogP contribution in [-0.2, 0) is 14.8 Å². The molecule has 1 N–H and O–H groups in total. The van der Waals surface area contributed by atoms with Gasteiger partial charge in [-0.25, -0.2) is 8.42 Å². The summed E-state index contributed by atoms with van der Waals surface area (Å²) in [6.07, 6.45) is 5.76. The summed E-state index contributed by atoms with van der Waals surface area (Å²) in [6, 6.07) is 11.2. The molecule has 182 valence electrons. The van der Waals surface area contributed by atoms with E-state index in [0.29, 0.717) is 42.3 Å². The van der Waals surface area contributed by atoms with Crippen molar-refractivity contribution >= 4 is 33.2 Å². The van der Waals surface area contributed by atoms with E-state index >= 15 is 0 Å². The zero-order valence-corrected chi connectivity index (χ0v) is 20.3. The third-order valence-electron chi connectivity index (χ3n) is 6.21. The fourth-order valence-corrected chi connectivity index (χ4v) is 5.80. The topological polar surface area (TPSA) is 96.0 Å². The monoisotopic (exact) mass is 485 g/mol. The minimum atomic E-state index is -3.54. The van der Waals surface area contributed by atoms with Crippen LogP contribution in [-0.4, -0.2) is 50.8 Å². The highest BCUT2D eigenvalue weighted by atomic mass is 32.2. The van der Waals surface area contributed by atoms with Gasteiger partial charge in [-0.1, -0.05) is 26.2 Å². The molecule has 4 rings (SSSR count). The second-order valence-corrected chi connectivity index (χ2v) is 10.6. The van der Waals surface area contributed by atoms with Gasteiger partial charge in [-0.15, -0.1) is 0 Å². The summed E-state index contributed by atoms with van der Waals surface area (Å²) in [7, 11) is -3.54. The maximum absolute atomic E-state index is 12.8. The number of nitrogens with zero attached hydrogens (tertiary/aromatic N) is 2. The van der Waals surface area contributed by atoms with E-state index in [0.717, 1.165) is 38.5 Å². The summed E-state index contributed by atoms with van der Waals surface area (Å²) in [5, 5.41) is 2.84. The first-order valence-electron chi connectivity index (χ1n) is 11.9. The molecule has 0 spiro atoms. The van der Waals surface area contributed by atoms with Crippen LogP contribution in [0, 0.1) is 0 Å². The second-order valence-electron chi connectivity index (χ2n) is 8.67. The van der Waals surface area contributed by atoms with E-state index in [1.165, 1.54) is 28.6 Å². The zero-order chi connectivity index (χ0) is 24.1. The van der Waals surface area contributed by atoms with Crippen molar-refractivity contribution in [3.63, 3.8) is 0 Å². The third kappa shape index (κ3) is 5.26. The molecule has 2 aromatic rings. The molecule has 0 bridgehead atoms. The molecule has 0 aromatic heterocycles. The lowest BCUT2D eigenvalue weighted by Gasteiger charge is -2.30. The van der Waals surface area contributed by atoms with E-state index in [2.05, 4.69) is 12.2 Å². The largest absolute Gasteiger partial charge is 0.482 e. The number of anilines is 2. The Labute approximate surface area is 200 Å². The molecule has 2 aliphatic rings. The summed E-state index contributed by atoms with van der Waals surface area (Å²) in [6.45, 7) is 3.79. The Bertz CT molecular complexity index is 1140. The maximum Gasteiger partial charge on any atom is 0.265 e. The highest BCUT2D eigenvalue weighted by Crippen LogP contribution is 2.35. The third-order valence-corrected chi connectivity index (χ3v) is 8.13. The van der Waals surface area contributed by atoms with Crippen molar-refractivity contribution in [3.05, 3.63) is 48.0 Å². The van der Waals surface area contributed by atoms with E-state index in [4.69, 9.17) is 4.74 Å². The number of sulfonamides is 1. The van der Waals surface area contributed by atoms with Gasteiger partial charge in [0.1, 0.15) is 5.75 Å². The molecule has 9 heteroatoms. The Balaban J connectivity index is 1.47. The number of amides is 2. The van der Waals surface area contributed by atoms with E-state index in [1.54, 1.807) is 23.1 Å². The van der Waals surface area contributed by atoms with Crippen LogP contribution >= 0.6 is 0 Å². The molecule has 0 atom stereocenters. The van der Waals surface area contributed by atoms with Crippen molar-refractivity contribution in [1.82, 2.24) is 4.31 Å². The maximum atomic E-state index is 12.8. The van der Waals surface area contributed by atoms with E-state index in [1.807, 2.05) is 0 Å². The van der Waals surface area contributed by atoms with Gasteiger partial charge in [0.25, 0.3) is 11.8 Å². The molecule has 34 heavy (non-hydrogen) atoms. The van der Waals surface area contributed by atoms with Crippen molar-refractivity contribution in [3.8, 4) is 5.75 Å². The summed E-state index contributed by atoms with van der Waals surface area (Å²) < 4.78 is 32.7. The minimum absolute atomic E-state index is 0.0114. The molecular weight excluding hydrogens is 454 g/mol. The Kier molecular flexibility index (Phi) is 7.53. The van der Waals surface area contributed by atoms with Gasteiger partial charge >= 0.3 is 0 Å². The fourth-order valence-electron chi connectivity index (χ4n) is 4.28. The Morgan fingerprint density at radius 1 is 1.03 bits per heavy atom. The number of benzene rings is 2. The van der Waals surface area contributed by atoms with Crippen LogP contribution in [0.2, 0.25) is 0 Å². The Hall–Kier alpha value is -2.91. The van der Waals surface area contributed by atoms with Gasteiger partial charge in [-0.3, -0.25) is 9.59 Å². The molecule has 0 radical (unpaired) electrons. The lowest BCUT2D eigenvalue weighted by molar-refractivity contribution is -0.121. The average molecular weight is 486 g/mol. The number of nitrogens with one attached hydrogen (secondary N) is 1. The molecule has 2 amide bonds. The van der Waals surface area contributed by atoms with Gasteiger partial charge in [-0.05, 0) is 61.7 Å². The van der Waals surface area contributed by atoms with Gasteiger partial charge in [-0.2, -0.15) is 4.31 Å². The van der Waals surface area contributed by atoms with Gasteiger partial charge in [0.15, 0.2) is 6.61 Å². The van der Waals surface area contributed by atoms with Crippen molar-refractivity contribution in [1.29, 1.82) is 0 Å². The number of unbranched alkanes of at least 4 members (excludes halogenated alkanes) is 2. The number of fused-ring (bicyclic) bond motifs is 1. The normalized spacial score (nSPS) is 16.6. The first-order valence-corrected chi connectivity index (χ1v) is 13.3. The zero-order valence-electron chi connectivity index (χ0n) is 19.5. The number of carbonyl (C=O) groups is 2. The Morgan fingerprint density at radius 2 is 1.76 bits per heavy atom. The van der Waals surface area contributed by atoms with Crippen LogP contribution in [0.3, 0.4) is 0 Å². The SMILES string of the molecule is CCCCCN1C(=O)COc2ccc(NC(=O)c3ccc(S(=O)(=O)N4CCCCC4)cc3)cc21. The van der Waals surface area contributed by atoms with Crippen molar-refractivity contribution in [2.24, 2.45) is 0 Å². The molecule has 1 saturated heterocycles. The van der Waals surface area contributed by atoms with Crippen LogP contribution in [0.15, 0.2) is 47.4 Å². The summed E-state index contributed by atoms with van der Waals surface area (Å²) in [4.78, 5) is 27.1.